The zero-order chi connectivity index (χ0) is 14.6. The van der Waals surface area contributed by atoms with Gasteiger partial charge in [-0.25, -0.2) is 0 Å². The fourth-order valence-corrected chi connectivity index (χ4v) is 2.76. The lowest BCUT2D eigenvalue weighted by molar-refractivity contribution is -0.0274. The van der Waals surface area contributed by atoms with Gasteiger partial charge in [-0.1, -0.05) is 50.1 Å². The molecule has 1 aromatic carbocycles. The van der Waals surface area contributed by atoms with Crippen LogP contribution in [0, 0.1) is 19.3 Å². The maximum Gasteiger partial charge on any atom is 0.0777 e. The standard InChI is InChI=1S/C17H29NO/c1-7-19-16(17(4,5)6)15(18)11-14-9-12(2)8-13(3)10-14/h8-10,15-16H,7,11,18H2,1-6H3. The van der Waals surface area contributed by atoms with Crippen LogP contribution in [0.3, 0.4) is 0 Å². The summed E-state index contributed by atoms with van der Waals surface area (Å²) < 4.78 is 5.88. The van der Waals surface area contributed by atoms with E-state index in [0.29, 0.717) is 6.61 Å². The molecular formula is C17H29NO. The van der Waals surface area contributed by atoms with Crippen molar-refractivity contribution >= 4 is 0 Å². The molecule has 0 aromatic heterocycles. The second kappa shape index (κ2) is 6.53. The molecule has 0 amide bonds. The fraction of sp³-hybridized carbons (Fsp3) is 0.647. The molecule has 0 radical (unpaired) electrons. The molecule has 2 N–H and O–H groups in total. The van der Waals surface area contributed by atoms with Gasteiger partial charge >= 0.3 is 0 Å². The van der Waals surface area contributed by atoms with Gasteiger partial charge in [-0.05, 0) is 38.2 Å². The minimum atomic E-state index is 0.0288. The molecule has 2 atom stereocenters. The van der Waals surface area contributed by atoms with Crippen molar-refractivity contribution < 1.29 is 4.74 Å². The predicted molar refractivity (Wildman–Crippen MR) is 82.5 cm³/mol. The molecule has 0 spiro atoms. The topological polar surface area (TPSA) is 35.2 Å². The third kappa shape index (κ3) is 4.96. The number of benzene rings is 1. The molecule has 0 fully saturated rings. The van der Waals surface area contributed by atoms with Crippen LogP contribution in [0.4, 0.5) is 0 Å². The third-order valence-electron chi connectivity index (χ3n) is 3.34. The van der Waals surface area contributed by atoms with E-state index in [2.05, 4.69) is 52.8 Å². The van der Waals surface area contributed by atoms with Crippen molar-refractivity contribution in [2.24, 2.45) is 11.1 Å². The maximum atomic E-state index is 6.40. The number of aryl methyl sites for hydroxylation is 2. The second-order valence-corrected chi connectivity index (χ2v) is 6.61. The molecule has 0 saturated heterocycles. The Hall–Kier alpha value is -0.860. The predicted octanol–water partition coefficient (Wildman–Crippen LogP) is 3.62. The van der Waals surface area contributed by atoms with Gasteiger partial charge in [0.1, 0.15) is 0 Å². The number of nitrogens with two attached hydrogens (primary N) is 1. The van der Waals surface area contributed by atoms with Crippen LogP contribution in [-0.2, 0) is 11.2 Å². The normalized spacial score (nSPS) is 15.3. The highest BCUT2D eigenvalue weighted by Crippen LogP contribution is 2.26. The number of hydrogen-bond acceptors (Lipinski definition) is 2. The van der Waals surface area contributed by atoms with E-state index in [1.807, 2.05) is 6.92 Å². The SMILES string of the molecule is CCOC(C(N)Cc1cc(C)cc(C)c1)C(C)(C)C. The van der Waals surface area contributed by atoms with Gasteiger partial charge in [0.15, 0.2) is 0 Å². The molecule has 108 valence electrons. The first kappa shape index (κ1) is 16.2. The Morgan fingerprint density at radius 1 is 1.11 bits per heavy atom. The minimum Gasteiger partial charge on any atom is -0.376 e. The highest BCUT2D eigenvalue weighted by molar-refractivity contribution is 5.29. The van der Waals surface area contributed by atoms with E-state index in [-0.39, 0.29) is 17.6 Å². The highest BCUT2D eigenvalue weighted by atomic mass is 16.5. The van der Waals surface area contributed by atoms with E-state index in [1.54, 1.807) is 0 Å². The first-order chi connectivity index (χ1) is 8.74. The zero-order valence-corrected chi connectivity index (χ0v) is 13.3. The number of ether oxygens (including phenoxy) is 1. The lowest BCUT2D eigenvalue weighted by atomic mass is 9.82. The summed E-state index contributed by atoms with van der Waals surface area (Å²) in [6, 6.07) is 6.66. The molecule has 0 aliphatic heterocycles. The molecule has 1 aromatic rings. The molecule has 1 rings (SSSR count). The molecule has 0 aliphatic rings. The smallest absolute Gasteiger partial charge is 0.0777 e. The van der Waals surface area contributed by atoms with Crippen molar-refractivity contribution in [1.29, 1.82) is 0 Å². The Labute approximate surface area is 118 Å². The van der Waals surface area contributed by atoms with Crippen LogP contribution < -0.4 is 5.73 Å². The van der Waals surface area contributed by atoms with Gasteiger partial charge in [0.2, 0.25) is 0 Å². The summed E-state index contributed by atoms with van der Waals surface area (Å²) in [4.78, 5) is 0. The Bertz CT molecular complexity index is 386. The van der Waals surface area contributed by atoms with E-state index in [9.17, 15) is 0 Å². The summed E-state index contributed by atoms with van der Waals surface area (Å²) in [5.74, 6) is 0. The Morgan fingerprint density at radius 2 is 1.63 bits per heavy atom. The Kier molecular flexibility index (Phi) is 5.57. The molecule has 0 aliphatic carbocycles. The zero-order valence-electron chi connectivity index (χ0n) is 13.3. The molecule has 2 unspecified atom stereocenters. The average molecular weight is 263 g/mol. The van der Waals surface area contributed by atoms with Gasteiger partial charge in [-0.2, -0.15) is 0 Å². The summed E-state index contributed by atoms with van der Waals surface area (Å²) in [7, 11) is 0. The first-order valence-corrected chi connectivity index (χ1v) is 7.18. The lowest BCUT2D eigenvalue weighted by Gasteiger charge is -2.35. The average Bonchev–Trinajstić information content (AvgIpc) is 2.22. The van der Waals surface area contributed by atoms with Crippen molar-refractivity contribution in [2.75, 3.05) is 6.61 Å². The molecule has 2 heteroatoms. The van der Waals surface area contributed by atoms with Crippen molar-refractivity contribution in [3.05, 3.63) is 34.9 Å². The van der Waals surface area contributed by atoms with Crippen molar-refractivity contribution in [2.45, 2.75) is 60.1 Å². The number of hydrogen-bond donors (Lipinski definition) is 1. The van der Waals surface area contributed by atoms with Crippen LogP contribution in [-0.4, -0.2) is 18.8 Å². The highest BCUT2D eigenvalue weighted by Gasteiger charge is 2.30. The van der Waals surface area contributed by atoms with E-state index in [4.69, 9.17) is 10.5 Å². The summed E-state index contributed by atoms with van der Waals surface area (Å²) in [5.41, 5.74) is 10.4. The van der Waals surface area contributed by atoms with Gasteiger partial charge in [0.05, 0.1) is 6.10 Å². The third-order valence-corrected chi connectivity index (χ3v) is 3.34. The van der Waals surface area contributed by atoms with Gasteiger partial charge in [-0.15, -0.1) is 0 Å². The second-order valence-electron chi connectivity index (χ2n) is 6.61. The van der Waals surface area contributed by atoms with Gasteiger partial charge in [0.25, 0.3) is 0 Å². The van der Waals surface area contributed by atoms with Crippen LogP contribution >= 0.6 is 0 Å². The van der Waals surface area contributed by atoms with Gasteiger partial charge in [0, 0.05) is 12.6 Å². The monoisotopic (exact) mass is 263 g/mol. The van der Waals surface area contributed by atoms with E-state index < -0.39 is 0 Å². The number of rotatable bonds is 5. The maximum absolute atomic E-state index is 6.40. The van der Waals surface area contributed by atoms with Gasteiger partial charge in [-0.3, -0.25) is 0 Å². The van der Waals surface area contributed by atoms with Crippen LogP contribution in [0.1, 0.15) is 44.4 Å². The molecule has 19 heavy (non-hydrogen) atoms. The summed E-state index contributed by atoms with van der Waals surface area (Å²) in [5, 5.41) is 0. The van der Waals surface area contributed by atoms with Crippen molar-refractivity contribution in [3.8, 4) is 0 Å². The quantitative estimate of drug-likeness (QED) is 0.880. The molecule has 0 heterocycles. The lowest BCUT2D eigenvalue weighted by Crippen LogP contribution is -2.46. The Balaban J connectivity index is 2.84. The first-order valence-electron chi connectivity index (χ1n) is 7.18. The van der Waals surface area contributed by atoms with Crippen LogP contribution in [0.15, 0.2) is 18.2 Å². The Morgan fingerprint density at radius 3 is 2.05 bits per heavy atom. The van der Waals surface area contributed by atoms with Crippen LogP contribution in [0.5, 0.6) is 0 Å². The van der Waals surface area contributed by atoms with Crippen molar-refractivity contribution in [3.63, 3.8) is 0 Å². The summed E-state index contributed by atoms with van der Waals surface area (Å²) in [6.07, 6.45) is 0.947. The molecule has 0 saturated carbocycles. The summed E-state index contributed by atoms with van der Waals surface area (Å²) >= 11 is 0. The minimum absolute atomic E-state index is 0.0288. The van der Waals surface area contributed by atoms with E-state index >= 15 is 0 Å². The van der Waals surface area contributed by atoms with Crippen molar-refractivity contribution in [1.82, 2.24) is 0 Å². The van der Waals surface area contributed by atoms with Gasteiger partial charge < -0.3 is 10.5 Å². The molecular weight excluding hydrogens is 234 g/mol. The van der Waals surface area contributed by atoms with E-state index in [0.717, 1.165) is 6.42 Å². The fourth-order valence-electron chi connectivity index (χ4n) is 2.76. The van der Waals surface area contributed by atoms with Crippen LogP contribution in [0.2, 0.25) is 0 Å². The van der Waals surface area contributed by atoms with E-state index in [1.165, 1.54) is 16.7 Å². The van der Waals surface area contributed by atoms with Crippen LogP contribution in [0.25, 0.3) is 0 Å². The molecule has 2 nitrogen and oxygen atoms in total. The molecule has 0 bridgehead atoms. The summed E-state index contributed by atoms with van der Waals surface area (Å²) in [6.45, 7) is 13.6. The largest absolute Gasteiger partial charge is 0.376 e.